The van der Waals surface area contributed by atoms with Gasteiger partial charge >= 0.3 is 5.97 Å². The van der Waals surface area contributed by atoms with Crippen molar-refractivity contribution in [2.45, 2.75) is 19.1 Å². The summed E-state index contributed by atoms with van der Waals surface area (Å²) in [5.41, 5.74) is 0. The number of methoxy groups -OCH3 is 1. The summed E-state index contributed by atoms with van der Waals surface area (Å²) in [5, 5.41) is 0.689. The van der Waals surface area contributed by atoms with Gasteiger partial charge in [0, 0.05) is 30.6 Å². The average molecular weight is 217 g/mol. The molecule has 1 saturated heterocycles. The van der Waals surface area contributed by atoms with Gasteiger partial charge < -0.3 is 9.64 Å². The molecule has 0 amide bonds. The number of hydrogen-bond acceptors (Lipinski definition) is 4. The van der Waals surface area contributed by atoms with E-state index < -0.39 is 0 Å². The quantitative estimate of drug-likeness (QED) is 0.665. The van der Waals surface area contributed by atoms with Gasteiger partial charge in [-0.15, -0.1) is 0 Å². The second-order valence-electron chi connectivity index (χ2n) is 3.87. The summed E-state index contributed by atoms with van der Waals surface area (Å²) in [6, 6.07) is 0. The smallest absolute Gasteiger partial charge is 0.309 e. The van der Waals surface area contributed by atoms with Crippen molar-refractivity contribution in [1.29, 1.82) is 0 Å². The minimum Gasteiger partial charge on any atom is -0.469 e. The maximum Gasteiger partial charge on any atom is 0.309 e. The number of carbonyl (C=O) groups is 1. The summed E-state index contributed by atoms with van der Waals surface area (Å²) >= 11 is 2.01. The third-order valence-corrected chi connectivity index (χ3v) is 3.60. The predicted octanol–water partition coefficient (Wildman–Crippen LogP) is 1.23. The van der Waals surface area contributed by atoms with Gasteiger partial charge in [0.2, 0.25) is 0 Å². The fourth-order valence-corrected chi connectivity index (χ4v) is 2.80. The normalized spacial score (nSPS) is 25.8. The highest BCUT2D eigenvalue weighted by Crippen LogP contribution is 2.18. The summed E-state index contributed by atoms with van der Waals surface area (Å²) in [5.74, 6) is 1.07. The molecular weight excluding hydrogens is 198 g/mol. The van der Waals surface area contributed by atoms with Crippen molar-refractivity contribution in [3.8, 4) is 0 Å². The maximum atomic E-state index is 11.2. The Morgan fingerprint density at radius 1 is 1.71 bits per heavy atom. The zero-order chi connectivity index (χ0) is 10.6. The molecule has 0 radical (unpaired) electrons. The topological polar surface area (TPSA) is 29.5 Å². The Labute approximate surface area is 90.2 Å². The molecule has 0 aromatic heterocycles. The molecule has 0 aromatic carbocycles. The van der Waals surface area contributed by atoms with Crippen LogP contribution in [0.2, 0.25) is 0 Å². The van der Waals surface area contributed by atoms with Gasteiger partial charge in [-0.3, -0.25) is 4.79 Å². The van der Waals surface area contributed by atoms with Crippen molar-refractivity contribution in [3.05, 3.63) is 0 Å². The molecule has 0 spiro atoms. The van der Waals surface area contributed by atoms with E-state index in [0.29, 0.717) is 5.25 Å². The highest BCUT2D eigenvalue weighted by atomic mass is 32.2. The summed E-state index contributed by atoms with van der Waals surface area (Å²) in [7, 11) is 1.45. The molecule has 2 unspecified atom stereocenters. The van der Waals surface area contributed by atoms with Crippen molar-refractivity contribution in [2.75, 3.05) is 32.5 Å². The van der Waals surface area contributed by atoms with Gasteiger partial charge in [-0.1, -0.05) is 13.8 Å². The third kappa shape index (κ3) is 3.50. The Morgan fingerprint density at radius 2 is 2.43 bits per heavy atom. The van der Waals surface area contributed by atoms with Crippen LogP contribution in [-0.4, -0.2) is 48.6 Å². The number of hydrogen-bond donors (Lipinski definition) is 0. The van der Waals surface area contributed by atoms with Gasteiger partial charge in [0.05, 0.1) is 13.0 Å². The van der Waals surface area contributed by atoms with Crippen molar-refractivity contribution in [2.24, 2.45) is 5.92 Å². The second-order valence-corrected chi connectivity index (χ2v) is 5.41. The fourth-order valence-electron chi connectivity index (χ4n) is 1.72. The van der Waals surface area contributed by atoms with Crippen LogP contribution in [0.5, 0.6) is 0 Å². The molecule has 82 valence electrons. The van der Waals surface area contributed by atoms with Crippen molar-refractivity contribution in [1.82, 2.24) is 4.90 Å². The van der Waals surface area contributed by atoms with Crippen LogP contribution in [0.15, 0.2) is 0 Å². The Hall–Kier alpha value is -0.220. The SMILES string of the molecule is COC(=O)C(C)CN1CCSC(C)C1. The summed E-state index contributed by atoms with van der Waals surface area (Å²) in [4.78, 5) is 13.6. The van der Waals surface area contributed by atoms with Crippen LogP contribution >= 0.6 is 11.8 Å². The lowest BCUT2D eigenvalue weighted by molar-refractivity contribution is -0.145. The zero-order valence-electron chi connectivity index (χ0n) is 9.16. The monoisotopic (exact) mass is 217 g/mol. The van der Waals surface area contributed by atoms with Crippen LogP contribution in [0, 0.1) is 5.92 Å². The molecule has 1 fully saturated rings. The minimum absolute atomic E-state index is 0.00435. The molecular formula is C10H19NO2S. The van der Waals surface area contributed by atoms with E-state index >= 15 is 0 Å². The van der Waals surface area contributed by atoms with E-state index in [-0.39, 0.29) is 11.9 Å². The number of rotatable bonds is 3. The number of nitrogens with zero attached hydrogens (tertiary/aromatic N) is 1. The Balaban J connectivity index is 2.32. The number of ether oxygens (including phenoxy) is 1. The van der Waals surface area contributed by atoms with E-state index in [1.54, 1.807) is 0 Å². The molecule has 1 heterocycles. The average Bonchev–Trinajstić information content (AvgIpc) is 2.16. The van der Waals surface area contributed by atoms with Gasteiger partial charge in [-0.25, -0.2) is 0 Å². The first-order valence-electron chi connectivity index (χ1n) is 5.05. The van der Waals surface area contributed by atoms with Crippen LogP contribution in [0.25, 0.3) is 0 Å². The van der Waals surface area contributed by atoms with Crippen LogP contribution in [0.1, 0.15) is 13.8 Å². The first-order chi connectivity index (χ1) is 6.63. The Bertz CT molecular complexity index is 199. The lowest BCUT2D eigenvalue weighted by atomic mass is 10.1. The Morgan fingerprint density at radius 3 is 3.00 bits per heavy atom. The number of carbonyl (C=O) groups excluding carboxylic acids is 1. The van der Waals surface area contributed by atoms with Crippen molar-refractivity contribution < 1.29 is 9.53 Å². The number of esters is 1. The van der Waals surface area contributed by atoms with Crippen LogP contribution < -0.4 is 0 Å². The van der Waals surface area contributed by atoms with E-state index in [4.69, 9.17) is 4.74 Å². The van der Waals surface area contributed by atoms with E-state index in [9.17, 15) is 4.79 Å². The third-order valence-electron chi connectivity index (χ3n) is 2.46. The van der Waals surface area contributed by atoms with E-state index in [0.717, 1.165) is 19.6 Å². The lowest BCUT2D eigenvalue weighted by Gasteiger charge is -2.31. The van der Waals surface area contributed by atoms with Crippen LogP contribution in [0.4, 0.5) is 0 Å². The Kier molecular flexibility index (Phi) is 4.75. The molecule has 4 heteroatoms. The number of thioether (sulfide) groups is 1. The molecule has 0 saturated carbocycles. The summed E-state index contributed by atoms with van der Waals surface area (Å²) in [6.07, 6.45) is 0. The van der Waals surface area contributed by atoms with Gasteiger partial charge in [-0.2, -0.15) is 11.8 Å². The molecule has 1 rings (SSSR count). The first-order valence-corrected chi connectivity index (χ1v) is 6.10. The van der Waals surface area contributed by atoms with Crippen LogP contribution in [0.3, 0.4) is 0 Å². The highest BCUT2D eigenvalue weighted by Gasteiger charge is 2.21. The molecule has 0 aliphatic carbocycles. The second kappa shape index (κ2) is 5.61. The molecule has 2 atom stereocenters. The van der Waals surface area contributed by atoms with E-state index in [1.165, 1.54) is 12.9 Å². The molecule has 3 nitrogen and oxygen atoms in total. The van der Waals surface area contributed by atoms with Gasteiger partial charge in [0.1, 0.15) is 0 Å². The zero-order valence-corrected chi connectivity index (χ0v) is 9.97. The molecule has 0 aromatic rings. The fraction of sp³-hybridized carbons (Fsp3) is 0.900. The standard InChI is InChI=1S/C10H19NO2S/c1-8(10(12)13-3)6-11-4-5-14-9(2)7-11/h8-9H,4-7H2,1-3H3. The summed E-state index contributed by atoms with van der Waals surface area (Å²) in [6.45, 7) is 7.18. The lowest BCUT2D eigenvalue weighted by Crippen LogP contribution is -2.40. The van der Waals surface area contributed by atoms with Crippen molar-refractivity contribution >= 4 is 17.7 Å². The maximum absolute atomic E-state index is 11.2. The van der Waals surface area contributed by atoms with E-state index in [1.807, 2.05) is 18.7 Å². The van der Waals surface area contributed by atoms with Gasteiger partial charge in [0.25, 0.3) is 0 Å². The minimum atomic E-state index is -0.101. The van der Waals surface area contributed by atoms with Crippen LogP contribution in [-0.2, 0) is 9.53 Å². The molecule has 0 bridgehead atoms. The largest absolute Gasteiger partial charge is 0.469 e. The summed E-state index contributed by atoms with van der Waals surface area (Å²) < 4.78 is 4.71. The van der Waals surface area contributed by atoms with Crippen molar-refractivity contribution in [3.63, 3.8) is 0 Å². The highest BCUT2D eigenvalue weighted by molar-refractivity contribution is 7.99. The molecule has 0 N–H and O–H groups in total. The molecule has 14 heavy (non-hydrogen) atoms. The molecule has 1 aliphatic heterocycles. The molecule has 1 aliphatic rings. The van der Waals surface area contributed by atoms with Gasteiger partial charge in [0.15, 0.2) is 0 Å². The van der Waals surface area contributed by atoms with E-state index in [2.05, 4.69) is 11.8 Å². The van der Waals surface area contributed by atoms with Gasteiger partial charge in [-0.05, 0) is 0 Å². The predicted molar refractivity (Wildman–Crippen MR) is 59.5 cm³/mol. The first kappa shape index (κ1) is 11.9.